The van der Waals surface area contributed by atoms with Crippen LogP contribution in [0.2, 0.25) is 0 Å². The van der Waals surface area contributed by atoms with E-state index in [-0.39, 0.29) is 0 Å². The molecular weight excluding hydrogens is 212 g/mol. The van der Waals surface area contributed by atoms with Crippen molar-refractivity contribution >= 4 is 17.0 Å². The minimum atomic E-state index is 0.608. The van der Waals surface area contributed by atoms with E-state index in [1.807, 2.05) is 12.1 Å². The lowest BCUT2D eigenvalue weighted by atomic mass is 10.2. The van der Waals surface area contributed by atoms with Crippen molar-refractivity contribution in [3.8, 4) is 0 Å². The predicted octanol–water partition coefficient (Wildman–Crippen LogP) is 2.63. The molecule has 0 bridgehead atoms. The second kappa shape index (κ2) is 4.28. The minimum Gasteiger partial charge on any atom is -0.367 e. The molecule has 17 heavy (non-hydrogen) atoms. The molecule has 0 spiro atoms. The SMILES string of the molecule is CCCC1CC1Nc1ccc2nccnc2n1. The van der Waals surface area contributed by atoms with Crippen molar-refractivity contribution in [2.75, 3.05) is 5.32 Å². The molecule has 0 aromatic carbocycles. The molecule has 2 atom stereocenters. The smallest absolute Gasteiger partial charge is 0.180 e. The first-order valence-electron chi connectivity index (χ1n) is 6.21. The van der Waals surface area contributed by atoms with E-state index in [1.54, 1.807) is 12.4 Å². The zero-order valence-electron chi connectivity index (χ0n) is 9.93. The van der Waals surface area contributed by atoms with Gasteiger partial charge in [0, 0.05) is 18.4 Å². The Morgan fingerprint density at radius 1 is 1.29 bits per heavy atom. The van der Waals surface area contributed by atoms with Crippen LogP contribution >= 0.6 is 0 Å². The van der Waals surface area contributed by atoms with Crippen molar-refractivity contribution in [1.29, 1.82) is 0 Å². The maximum absolute atomic E-state index is 4.47. The maximum Gasteiger partial charge on any atom is 0.180 e. The first-order chi connectivity index (χ1) is 8.36. The van der Waals surface area contributed by atoms with Gasteiger partial charge in [-0.3, -0.25) is 4.98 Å². The number of nitrogens with zero attached hydrogens (tertiary/aromatic N) is 3. The highest BCUT2D eigenvalue weighted by Crippen LogP contribution is 2.36. The van der Waals surface area contributed by atoms with Crippen LogP contribution in [-0.4, -0.2) is 21.0 Å². The fourth-order valence-electron chi connectivity index (χ4n) is 2.24. The third-order valence-corrected chi connectivity index (χ3v) is 3.25. The zero-order chi connectivity index (χ0) is 11.7. The predicted molar refractivity (Wildman–Crippen MR) is 67.8 cm³/mol. The fraction of sp³-hybridized carbons (Fsp3) is 0.462. The molecule has 4 heteroatoms. The van der Waals surface area contributed by atoms with Crippen LogP contribution in [0.15, 0.2) is 24.5 Å². The van der Waals surface area contributed by atoms with E-state index in [9.17, 15) is 0 Å². The summed E-state index contributed by atoms with van der Waals surface area (Å²) in [4.78, 5) is 12.9. The summed E-state index contributed by atoms with van der Waals surface area (Å²) in [5.41, 5.74) is 1.56. The number of pyridine rings is 1. The lowest BCUT2D eigenvalue weighted by Crippen LogP contribution is -2.06. The first kappa shape index (κ1) is 10.4. The van der Waals surface area contributed by atoms with Crippen LogP contribution in [0.4, 0.5) is 5.82 Å². The Morgan fingerprint density at radius 3 is 3.06 bits per heavy atom. The molecule has 0 saturated heterocycles. The topological polar surface area (TPSA) is 50.7 Å². The van der Waals surface area contributed by atoms with Crippen LogP contribution in [-0.2, 0) is 0 Å². The van der Waals surface area contributed by atoms with Crippen molar-refractivity contribution in [3.05, 3.63) is 24.5 Å². The van der Waals surface area contributed by atoms with Crippen LogP contribution in [0.3, 0.4) is 0 Å². The molecule has 2 heterocycles. The van der Waals surface area contributed by atoms with E-state index in [0.717, 1.165) is 17.3 Å². The number of rotatable bonds is 4. The number of aromatic nitrogens is 3. The Kier molecular flexibility index (Phi) is 2.63. The third-order valence-electron chi connectivity index (χ3n) is 3.25. The highest BCUT2D eigenvalue weighted by Gasteiger charge is 2.36. The van der Waals surface area contributed by atoms with Crippen molar-refractivity contribution < 1.29 is 0 Å². The quantitative estimate of drug-likeness (QED) is 0.874. The average Bonchev–Trinajstić information content (AvgIpc) is 3.08. The van der Waals surface area contributed by atoms with Crippen molar-refractivity contribution in [3.63, 3.8) is 0 Å². The van der Waals surface area contributed by atoms with E-state index in [2.05, 4.69) is 27.2 Å². The molecule has 1 saturated carbocycles. The summed E-state index contributed by atoms with van der Waals surface area (Å²) in [6, 6.07) is 4.56. The first-order valence-corrected chi connectivity index (χ1v) is 6.21. The molecule has 0 aliphatic heterocycles. The van der Waals surface area contributed by atoms with Gasteiger partial charge in [0.05, 0.1) is 0 Å². The lowest BCUT2D eigenvalue weighted by molar-refractivity contribution is 0.692. The summed E-state index contributed by atoms with van der Waals surface area (Å²) >= 11 is 0. The third kappa shape index (κ3) is 2.20. The molecule has 1 fully saturated rings. The molecule has 4 nitrogen and oxygen atoms in total. The van der Waals surface area contributed by atoms with Gasteiger partial charge in [0.2, 0.25) is 0 Å². The molecule has 2 unspecified atom stereocenters. The van der Waals surface area contributed by atoms with Crippen LogP contribution < -0.4 is 5.32 Å². The van der Waals surface area contributed by atoms with Crippen molar-refractivity contribution in [1.82, 2.24) is 15.0 Å². The van der Waals surface area contributed by atoms with Gasteiger partial charge in [-0.1, -0.05) is 13.3 Å². The summed E-state index contributed by atoms with van der Waals surface area (Å²) < 4.78 is 0. The monoisotopic (exact) mass is 228 g/mol. The number of hydrogen-bond donors (Lipinski definition) is 1. The molecule has 88 valence electrons. The van der Waals surface area contributed by atoms with Gasteiger partial charge in [-0.2, -0.15) is 0 Å². The van der Waals surface area contributed by atoms with Gasteiger partial charge in [0.25, 0.3) is 0 Å². The van der Waals surface area contributed by atoms with Gasteiger partial charge in [0.15, 0.2) is 5.65 Å². The molecule has 0 amide bonds. The molecule has 1 N–H and O–H groups in total. The van der Waals surface area contributed by atoms with Crippen molar-refractivity contribution in [2.24, 2.45) is 5.92 Å². The second-order valence-electron chi connectivity index (χ2n) is 4.63. The fourth-order valence-corrected chi connectivity index (χ4v) is 2.24. The normalized spacial score (nSPS) is 22.6. The Labute approximate surface area is 101 Å². The summed E-state index contributed by atoms with van der Waals surface area (Å²) in [5, 5.41) is 3.46. The lowest BCUT2D eigenvalue weighted by Gasteiger charge is -2.05. The zero-order valence-corrected chi connectivity index (χ0v) is 9.93. The summed E-state index contributed by atoms with van der Waals surface area (Å²) in [6.45, 7) is 2.24. The molecule has 3 rings (SSSR count). The summed E-state index contributed by atoms with van der Waals surface area (Å²) in [7, 11) is 0. The van der Waals surface area contributed by atoms with Gasteiger partial charge in [-0.15, -0.1) is 0 Å². The number of hydrogen-bond acceptors (Lipinski definition) is 4. The second-order valence-corrected chi connectivity index (χ2v) is 4.63. The van der Waals surface area contributed by atoms with E-state index in [4.69, 9.17) is 0 Å². The van der Waals surface area contributed by atoms with E-state index in [1.165, 1.54) is 19.3 Å². The van der Waals surface area contributed by atoms with Gasteiger partial charge >= 0.3 is 0 Å². The molecular formula is C13H16N4. The molecule has 2 aromatic heterocycles. The highest BCUT2D eigenvalue weighted by molar-refractivity contribution is 5.71. The average molecular weight is 228 g/mol. The maximum atomic E-state index is 4.47. The molecule has 1 aliphatic carbocycles. The van der Waals surface area contributed by atoms with Gasteiger partial charge in [-0.05, 0) is 30.9 Å². The Bertz CT molecular complexity index is 526. The number of nitrogens with one attached hydrogen (secondary N) is 1. The van der Waals surface area contributed by atoms with Crippen LogP contribution in [0.1, 0.15) is 26.2 Å². The molecule has 1 aliphatic rings. The Morgan fingerprint density at radius 2 is 2.18 bits per heavy atom. The van der Waals surface area contributed by atoms with Crippen LogP contribution in [0, 0.1) is 5.92 Å². The van der Waals surface area contributed by atoms with Crippen LogP contribution in [0.25, 0.3) is 11.2 Å². The van der Waals surface area contributed by atoms with Crippen molar-refractivity contribution in [2.45, 2.75) is 32.2 Å². The molecule has 0 radical (unpaired) electrons. The summed E-state index contributed by atoms with van der Waals surface area (Å²) in [5.74, 6) is 1.75. The Balaban J connectivity index is 1.74. The highest BCUT2D eigenvalue weighted by atomic mass is 15.1. The van der Waals surface area contributed by atoms with E-state index < -0.39 is 0 Å². The minimum absolute atomic E-state index is 0.608. The Hall–Kier alpha value is -1.71. The largest absolute Gasteiger partial charge is 0.367 e. The number of fused-ring (bicyclic) bond motifs is 1. The van der Waals surface area contributed by atoms with Crippen LogP contribution in [0.5, 0.6) is 0 Å². The standard InChI is InChI=1S/C13H16N4/c1-2-3-9-8-11(9)16-12-5-4-10-13(17-12)15-7-6-14-10/h4-7,9,11H,2-3,8H2,1H3,(H,15,16,17). The molecule has 2 aromatic rings. The van der Waals surface area contributed by atoms with Gasteiger partial charge < -0.3 is 5.32 Å². The summed E-state index contributed by atoms with van der Waals surface area (Å²) in [6.07, 6.45) is 7.21. The van der Waals surface area contributed by atoms with E-state index >= 15 is 0 Å². The van der Waals surface area contributed by atoms with Gasteiger partial charge in [0.1, 0.15) is 11.3 Å². The van der Waals surface area contributed by atoms with Gasteiger partial charge in [-0.25, -0.2) is 9.97 Å². The van der Waals surface area contributed by atoms with E-state index in [0.29, 0.717) is 11.7 Å². The number of anilines is 1.